The summed E-state index contributed by atoms with van der Waals surface area (Å²) in [7, 11) is 3.73. The molecule has 5 nitrogen and oxygen atoms in total. The molecule has 0 saturated carbocycles. The zero-order valence-electron chi connectivity index (χ0n) is 11.8. The van der Waals surface area contributed by atoms with Gasteiger partial charge in [-0.1, -0.05) is 6.07 Å². The van der Waals surface area contributed by atoms with Crippen LogP contribution in [0.3, 0.4) is 0 Å². The van der Waals surface area contributed by atoms with Crippen LogP contribution in [0.4, 0.5) is 11.4 Å². The number of nitro groups is 1. The summed E-state index contributed by atoms with van der Waals surface area (Å²) in [6, 6.07) is 7.30. The number of anilines is 1. The fourth-order valence-corrected chi connectivity index (χ4v) is 3.35. The quantitative estimate of drug-likeness (QED) is 0.615. The van der Waals surface area contributed by atoms with Gasteiger partial charge in [-0.3, -0.25) is 15.0 Å². The smallest absolute Gasteiger partial charge is 0.292 e. The molecule has 2 aromatic rings. The molecule has 0 spiro atoms. The number of thiophene rings is 1. The Morgan fingerprint density at radius 2 is 2.05 bits per heavy atom. The minimum atomic E-state index is -0.373. The molecule has 7 heteroatoms. The highest BCUT2D eigenvalue weighted by atomic mass is 79.9. The normalized spacial score (nSPS) is 10.9. The standard InChI is InChI=1S/C14H16BrN3O2S/c1-16-12-5-10(3-4-13(12)18(19)20)7-17(2)8-11-6-14(15)21-9-11/h3-6,9,16H,7-8H2,1-2H3. The zero-order chi connectivity index (χ0) is 15.4. The zero-order valence-corrected chi connectivity index (χ0v) is 14.2. The van der Waals surface area contributed by atoms with Crippen molar-refractivity contribution in [3.8, 4) is 0 Å². The third-order valence-electron chi connectivity index (χ3n) is 3.05. The van der Waals surface area contributed by atoms with E-state index in [1.807, 2.05) is 13.1 Å². The Kier molecular flexibility index (Phi) is 5.33. The van der Waals surface area contributed by atoms with Crippen LogP contribution in [0.25, 0.3) is 0 Å². The van der Waals surface area contributed by atoms with Crippen LogP contribution in [0, 0.1) is 10.1 Å². The molecule has 1 aromatic heterocycles. The lowest BCUT2D eigenvalue weighted by molar-refractivity contribution is -0.384. The van der Waals surface area contributed by atoms with Crippen molar-refractivity contribution in [2.75, 3.05) is 19.4 Å². The maximum atomic E-state index is 10.9. The van der Waals surface area contributed by atoms with Gasteiger partial charge in [-0.15, -0.1) is 11.3 Å². The van der Waals surface area contributed by atoms with E-state index >= 15 is 0 Å². The molecular weight excluding hydrogens is 354 g/mol. The van der Waals surface area contributed by atoms with Crippen LogP contribution in [0.5, 0.6) is 0 Å². The van der Waals surface area contributed by atoms with Crippen molar-refractivity contribution in [1.29, 1.82) is 0 Å². The molecule has 0 aliphatic rings. The number of nitro benzene ring substituents is 1. The number of halogens is 1. The molecule has 0 amide bonds. The van der Waals surface area contributed by atoms with Crippen LogP contribution in [0.2, 0.25) is 0 Å². The number of nitrogens with one attached hydrogen (secondary N) is 1. The van der Waals surface area contributed by atoms with Crippen molar-refractivity contribution in [3.63, 3.8) is 0 Å². The van der Waals surface area contributed by atoms with Crippen LogP contribution >= 0.6 is 27.3 Å². The van der Waals surface area contributed by atoms with E-state index in [0.29, 0.717) is 5.69 Å². The molecule has 0 aliphatic heterocycles. The predicted molar refractivity (Wildman–Crippen MR) is 89.8 cm³/mol. The monoisotopic (exact) mass is 369 g/mol. The Labute approximate surface area is 135 Å². The van der Waals surface area contributed by atoms with Gasteiger partial charge in [0.05, 0.1) is 8.71 Å². The summed E-state index contributed by atoms with van der Waals surface area (Å²) in [5.74, 6) is 0. The lowest BCUT2D eigenvalue weighted by atomic mass is 10.1. The maximum absolute atomic E-state index is 10.9. The Morgan fingerprint density at radius 3 is 2.62 bits per heavy atom. The lowest BCUT2D eigenvalue weighted by Gasteiger charge is -2.16. The Balaban J connectivity index is 2.06. The van der Waals surface area contributed by atoms with E-state index in [2.05, 4.69) is 37.6 Å². The molecule has 1 heterocycles. The van der Waals surface area contributed by atoms with E-state index < -0.39 is 0 Å². The van der Waals surface area contributed by atoms with Gasteiger partial charge in [0.15, 0.2) is 0 Å². The molecule has 0 radical (unpaired) electrons. The molecule has 0 saturated heterocycles. The Morgan fingerprint density at radius 1 is 1.33 bits per heavy atom. The highest BCUT2D eigenvalue weighted by molar-refractivity contribution is 9.11. The molecule has 0 aliphatic carbocycles. The van der Waals surface area contributed by atoms with E-state index in [9.17, 15) is 10.1 Å². The van der Waals surface area contributed by atoms with Crippen LogP contribution in [-0.2, 0) is 13.1 Å². The van der Waals surface area contributed by atoms with E-state index in [0.717, 1.165) is 22.4 Å². The minimum absolute atomic E-state index is 0.102. The number of rotatable bonds is 6. The van der Waals surface area contributed by atoms with Gasteiger partial charge >= 0.3 is 0 Å². The third kappa shape index (κ3) is 4.26. The van der Waals surface area contributed by atoms with Gasteiger partial charge in [-0.05, 0) is 51.6 Å². The second kappa shape index (κ2) is 7.02. The van der Waals surface area contributed by atoms with E-state index in [-0.39, 0.29) is 10.6 Å². The molecule has 0 atom stereocenters. The maximum Gasteiger partial charge on any atom is 0.292 e. The summed E-state index contributed by atoms with van der Waals surface area (Å²) >= 11 is 5.13. The van der Waals surface area contributed by atoms with E-state index in [1.165, 1.54) is 5.56 Å². The molecule has 2 rings (SSSR count). The fraction of sp³-hybridized carbons (Fsp3) is 0.286. The van der Waals surface area contributed by atoms with Crippen molar-refractivity contribution in [2.45, 2.75) is 13.1 Å². The first-order chi connectivity index (χ1) is 9.99. The summed E-state index contributed by atoms with van der Waals surface area (Å²) < 4.78 is 1.12. The first-order valence-electron chi connectivity index (χ1n) is 6.36. The number of hydrogen-bond acceptors (Lipinski definition) is 5. The fourth-order valence-electron chi connectivity index (χ4n) is 2.15. The molecular formula is C14H16BrN3O2S. The largest absolute Gasteiger partial charge is 0.383 e. The van der Waals surface area contributed by atoms with Gasteiger partial charge in [0.1, 0.15) is 5.69 Å². The van der Waals surface area contributed by atoms with Crippen molar-refractivity contribution >= 4 is 38.6 Å². The third-order valence-corrected chi connectivity index (χ3v) is 4.61. The van der Waals surface area contributed by atoms with Crippen molar-refractivity contribution in [1.82, 2.24) is 4.90 Å². The molecule has 0 unspecified atom stereocenters. The van der Waals surface area contributed by atoms with E-state index in [4.69, 9.17) is 0 Å². The van der Waals surface area contributed by atoms with Crippen LogP contribution in [0.15, 0.2) is 33.4 Å². The van der Waals surface area contributed by atoms with Crippen molar-refractivity contribution in [2.24, 2.45) is 0 Å². The number of nitrogens with zero attached hydrogens (tertiary/aromatic N) is 2. The van der Waals surface area contributed by atoms with Gasteiger partial charge in [0.25, 0.3) is 5.69 Å². The highest BCUT2D eigenvalue weighted by Crippen LogP contribution is 2.26. The predicted octanol–water partition coefficient (Wildman–Crippen LogP) is 4.09. The van der Waals surface area contributed by atoms with Crippen molar-refractivity contribution in [3.05, 3.63) is 54.7 Å². The topological polar surface area (TPSA) is 58.4 Å². The lowest BCUT2D eigenvalue weighted by Crippen LogP contribution is -2.17. The van der Waals surface area contributed by atoms with E-state index in [1.54, 1.807) is 30.5 Å². The van der Waals surface area contributed by atoms with Gasteiger partial charge in [-0.25, -0.2) is 0 Å². The van der Waals surface area contributed by atoms with Crippen LogP contribution in [-0.4, -0.2) is 23.9 Å². The SMILES string of the molecule is CNc1cc(CN(C)Cc2csc(Br)c2)ccc1[N+](=O)[O-]. The average molecular weight is 370 g/mol. The van der Waals surface area contributed by atoms with Crippen molar-refractivity contribution < 1.29 is 4.92 Å². The first-order valence-corrected chi connectivity index (χ1v) is 8.03. The number of benzene rings is 1. The van der Waals surface area contributed by atoms with Gasteiger partial charge in [-0.2, -0.15) is 0 Å². The average Bonchev–Trinajstić information content (AvgIpc) is 2.83. The summed E-state index contributed by atoms with van der Waals surface area (Å²) in [6.07, 6.45) is 0. The summed E-state index contributed by atoms with van der Waals surface area (Å²) in [5, 5.41) is 15.9. The van der Waals surface area contributed by atoms with Crippen LogP contribution < -0.4 is 5.32 Å². The second-order valence-electron chi connectivity index (χ2n) is 4.79. The molecule has 1 N–H and O–H groups in total. The summed E-state index contributed by atoms with van der Waals surface area (Å²) in [5.41, 5.74) is 2.95. The Bertz CT molecular complexity index is 645. The Hall–Kier alpha value is -1.44. The van der Waals surface area contributed by atoms with Gasteiger partial charge in [0.2, 0.25) is 0 Å². The molecule has 21 heavy (non-hydrogen) atoms. The molecule has 0 fully saturated rings. The summed E-state index contributed by atoms with van der Waals surface area (Å²) in [4.78, 5) is 12.7. The summed E-state index contributed by atoms with van der Waals surface area (Å²) in [6.45, 7) is 1.58. The molecule has 0 bridgehead atoms. The minimum Gasteiger partial charge on any atom is -0.383 e. The first kappa shape index (κ1) is 15.9. The second-order valence-corrected chi connectivity index (χ2v) is 7.08. The molecule has 112 valence electrons. The highest BCUT2D eigenvalue weighted by Gasteiger charge is 2.13. The molecule has 1 aromatic carbocycles. The number of hydrogen-bond donors (Lipinski definition) is 1. The van der Waals surface area contributed by atoms with Gasteiger partial charge in [0, 0.05) is 26.2 Å². The van der Waals surface area contributed by atoms with Crippen LogP contribution in [0.1, 0.15) is 11.1 Å². The van der Waals surface area contributed by atoms with Gasteiger partial charge < -0.3 is 5.32 Å².